The average Bonchev–Trinajstić information content (AvgIpc) is 2.31. The largest absolute Gasteiger partial charge is 0.463 e. The number of unbranched alkanes of at least 4 members (excludes halogenated alkanes) is 3. The van der Waals surface area contributed by atoms with Crippen LogP contribution >= 0.6 is 0 Å². The first-order valence-corrected chi connectivity index (χ1v) is 7.03. The lowest BCUT2D eigenvalue weighted by molar-refractivity contribution is -0.149. The van der Waals surface area contributed by atoms with E-state index in [9.17, 15) is 4.79 Å². The highest BCUT2D eigenvalue weighted by atomic mass is 16.5. The van der Waals surface area contributed by atoms with Crippen LogP contribution in [0.25, 0.3) is 0 Å². The SMILES string of the molecule is CCCCCCC(C)OC(=O)CC(CC)CN. The van der Waals surface area contributed by atoms with E-state index in [2.05, 4.69) is 13.8 Å². The summed E-state index contributed by atoms with van der Waals surface area (Å²) in [5.41, 5.74) is 5.57. The van der Waals surface area contributed by atoms with Crippen LogP contribution in [0.5, 0.6) is 0 Å². The quantitative estimate of drug-likeness (QED) is 0.473. The zero-order valence-electron chi connectivity index (χ0n) is 11.7. The molecule has 0 radical (unpaired) electrons. The highest BCUT2D eigenvalue weighted by Crippen LogP contribution is 2.12. The molecule has 0 aliphatic carbocycles. The van der Waals surface area contributed by atoms with E-state index in [0.29, 0.717) is 13.0 Å². The zero-order valence-corrected chi connectivity index (χ0v) is 11.7. The minimum atomic E-state index is -0.0923. The molecule has 0 heterocycles. The molecule has 0 aromatic rings. The van der Waals surface area contributed by atoms with Crippen LogP contribution < -0.4 is 5.73 Å². The van der Waals surface area contributed by atoms with Crippen LogP contribution in [-0.2, 0) is 9.53 Å². The molecule has 0 saturated carbocycles. The van der Waals surface area contributed by atoms with E-state index in [1.54, 1.807) is 0 Å². The Kier molecular flexibility index (Phi) is 10.2. The Balaban J connectivity index is 3.64. The second-order valence-electron chi connectivity index (χ2n) is 4.86. The van der Waals surface area contributed by atoms with Crippen LogP contribution in [0.3, 0.4) is 0 Å². The Morgan fingerprint density at radius 2 is 1.94 bits per heavy atom. The molecule has 0 fully saturated rings. The summed E-state index contributed by atoms with van der Waals surface area (Å²) >= 11 is 0. The first-order chi connectivity index (χ1) is 8.13. The predicted molar refractivity (Wildman–Crippen MR) is 71.8 cm³/mol. The summed E-state index contributed by atoms with van der Waals surface area (Å²) in [6.07, 6.45) is 7.33. The molecule has 0 bridgehead atoms. The summed E-state index contributed by atoms with van der Waals surface area (Å²) in [4.78, 5) is 11.6. The topological polar surface area (TPSA) is 52.3 Å². The van der Waals surface area contributed by atoms with Gasteiger partial charge in [-0.2, -0.15) is 0 Å². The van der Waals surface area contributed by atoms with Crippen molar-refractivity contribution in [1.82, 2.24) is 0 Å². The number of carbonyl (C=O) groups is 1. The van der Waals surface area contributed by atoms with Gasteiger partial charge in [-0.05, 0) is 32.2 Å². The fourth-order valence-electron chi connectivity index (χ4n) is 1.82. The van der Waals surface area contributed by atoms with Crippen molar-refractivity contribution in [1.29, 1.82) is 0 Å². The molecule has 17 heavy (non-hydrogen) atoms. The summed E-state index contributed by atoms with van der Waals surface area (Å²) in [5.74, 6) is 0.181. The van der Waals surface area contributed by atoms with Crippen LogP contribution in [0, 0.1) is 5.92 Å². The molecule has 2 atom stereocenters. The molecule has 0 amide bonds. The Hall–Kier alpha value is -0.570. The van der Waals surface area contributed by atoms with E-state index in [4.69, 9.17) is 10.5 Å². The van der Waals surface area contributed by atoms with Gasteiger partial charge in [-0.3, -0.25) is 4.79 Å². The van der Waals surface area contributed by atoms with Crippen molar-refractivity contribution in [2.75, 3.05) is 6.54 Å². The number of hydrogen-bond donors (Lipinski definition) is 1. The van der Waals surface area contributed by atoms with Gasteiger partial charge in [0, 0.05) is 6.42 Å². The number of carbonyl (C=O) groups excluding carboxylic acids is 1. The molecule has 102 valence electrons. The summed E-state index contributed by atoms with van der Waals surface area (Å²) < 4.78 is 5.37. The van der Waals surface area contributed by atoms with Gasteiger partial charge in [0.15, 0.2) is 0 Å². The normalized spacial score (nSPS) is 14.4. The number of nitrogens with two attached hydrogens (primary N) is 1. The second kappa shape index (κ2) is 10.6. The van der Waals surface area contributed by atoms with Gasteiger partial charge in [0.05, 0.1) is 6.10 Å². The van der Waals surface area contributed by atoms with Gasteiger partial charge in [-0.1, -0.05) is 39.5 Å². The monoisotopic (exact) mass is 243 g/mol. The molecule has 0 aromatic carbocycles. The Morgan fingerprint density at radius 3 is 2.47 bits per heavy atom. The van der Waals surface area contributed by atoms with Gasteiger partial charge >= 0.3 is 5.97 Å². The molecule has 0 rings (SSSR count). The van der Waals surface area contributed by atoms with Gasteiger partial charge in [0.2, 0.25) is 0 Å². The van der Waals surface area contributed by atoms with Crippen molar-refractivity contribution in [3.63, 3.8) is 0 Å². The van der Waals surface area contributed by atoms with Crippen molar-refractivity contribution < 1.29 is 9.53 Å². The Labute approximate surface area is 106 Å². The number of hydrogen-bond acceptors (Lipinski definition) is 3. The summed E-state index contributed by atoms with van der Waals surface area (Å²) in [7, 11) is 0. The Bertz CT molecular complexity index is 191. The lowest BCUT2D eigenvalue weighted by Crippen LogP contribution is -2.21. The molecule has 0 aromatic heterocycles. The maximum atomic E-state index is 11.6. The van der Waals surface area contributed by atoms with E-state index in [1.807, 2.05) is 6.92 Å². The number of ether oxygens (including phenoxy) is 1. The van der Waals surface area contributed by atoms with Crippen LogP contribution in [0.2, 0.25) is 0 Å². The third kappa shape index (κ3) is 9.16. The smallest absolute Gasteiger partial charge is 0.306 e. The van der Waals surface area contributed by atoms with Crippen LogP contribution in [0.1, 0.15) is 65.7 Å². The van der Waals surface area contributed by atoms with Crippen molar-refractivity contribution in [2.24, 2.45) is 11.7 Å². The first-order valence-electron chi connectivity index (χ1n) is 7.03. The third-order valence-electron chi connectivity index (χ3n) is 3.16. The lowest BCUT2D eigenvalue weighted by Gasteiger charge is -2.16. The number of rotatable bonds is 10. The van der Waals surface area contributed by atoms with Crippen molar-refractivity contribution >= 4 is 5.97 Å². The van der Waals surface area contributed by atoms with Gasteiger partial charge in [-0.25, -0.2) is 0 Å². The molecule has 0 saturated heterocycles. The molecular formula is C14H29NO2. The zero-order chi connectivity index (χ0) is 13.1. The van der Waals surface area contributed by atoms with E-state index in [0.717, 1.165) is 19.3 Å². The minimum Gasteiger partial charge on any atom is -0.463 e. The van der Waals surface area contributed by atoms with E-state index in [-0.39, 0.29) is 18.0 Å². The van der Waals surface area contributed by atoms with Crippen molar-refractivity contribution in [3.8, 4) is 0 Å². The van der Waals surface area contributed by atoms with Crippen LogP contribution in [-0.4, -0.2) is 18.6 Å². The predicted octanol–water partition coefficient (Wildman–Crippen LogP) is 3.26. The highest BCUT2D eigenvalue weighted by Gasteiger charge is 2.14. The average molecular weight is 243 g/mol. The highest BCUT2D eigenvalue weighted by molar-refractivity contribution is 5.69. The molecule has 2 unspecified atom stereocenters. The maximum Gasteiger partial charge on any atom is 0.306 e. The molecule has 0 spiro atoms. The molecule has 3 nitrogen and oxygen atoms in total. The fraction of sp³-hybridized carbons (Fsp3) is 0.929. The maximum absolute atomic E-state index is 11.6. The second-order valence-corrected chi connectivity index (χ2v) is 4.86. The molecule has 3 heteroatoms. The van der Waals surface area contributed by atoms with Crippen LogP contribution in [0.4, 0.5) is 0 Å². The standard InChI is InChI=1S/C14H29NO2/c1-4-6-7-8-9-12(3)17-14(16)10-13(5-2)11-15/h12-13H,4-11,15H2,1-3H3. The molecule has 0 aliphatic heterocycles. The first kappa shape index (κ1) is 16.4. The van der Waals surface area contributed by atoms with Gasteiger partial charge in [0.1, 0.15) is 0 Å². The third-order valence-corrected chi connectivity index (χ3v) is 3.16. The fourth-order valence-corrected chi connectivity index (χ4v) is 1.82. The summed E-state index contributed by atoms with van der Waals surface area (Å²) in [5, 5.41) is 0. The molecule has 0 aliphatic rings. The number of esters is 1. The minimum absolute atomic E-state index is 0.0506. The molecule has 2 N–H and O–H groups in total. The summed E-state index contributed by atoms with van der Waals surface area (Å²) in [6.45, 7) is 6.80. The molecular weight excluding hydrogens is 214 g/mol. The van der Waals surface area contributed by atoms with Gasteiger partial charge in [0.25, 0.3) is 0 Å². The van der Waals surface area contributed by atoms with Crippen molar-refractivity contribution in [2.45, 2.75) is 71.8 Å². The van der Waals surface area contributed by atoms with E-state index < -0.39 is 0 Å². The Morgan fingerprint density at radius 1 is 1.24 bits per heavy atom. The van der Waals surface area contributed by atoms with Gasteiger partial charge < -0.3 is 10.5 Å². The summed E-state index contributed by atoms with van der Waals surface area (Å²) in [6, 6.07) is 0. The van der Waals surface area contributed by atoms with Crippen LogP contribution in [0.15, 0.2) is 0 Å². The van der Waals surface area contributed by atoms with Gasteiger partial charge in [-0.15, -0.1) is 0 Å². The van der Waals surface area contributed by atoms with E-state index in [1.165, 1.54) is 19.3 Å². The van der Waals surface area contributed by atoms with Crippen molar-refractivity contribution in [3.05, 3.63) is 0 Å². The van der Waals surface area contributed by atoms with E-state index >= 15 is 0 Å². The lowest BCUT2D eigenvalue weighted by atomic mass is 10.0.